The van der Waals surface area contributed by atoms with E-state index in [-0.39, 0.29) is 18.1 Å². The number of amides is 1. The van der Waals surface area contributed by atoms with E-state index < -0.39 is 0 Å². The highest BCUT2D eigenvalue weighted by atomic mass is 16.5. The minimum atomic E-state index is -0.176. The summed E-state index contributed by atoms with van der Waals surface area (Å²) in [5.74, 6) is 0.542. The van der Waals surface area contributed by atoms with E-state index in [1.165, 1.54) is 0 Å². The van der Waals surface area contributed by atoms with E-state index in [1.54, 1.807) is 19.4 Å². The highest BCUT2D eigenvalue weighted by Gasteiger charge is 2.31. The Morgan fingerprint density at radius 1 is 1.32 bits per heavy atom. The van der Waals surface area contributed by atoms with Gasteiger partial charge in [0.1, 0.15) is 6.10 Å². The summed E-state index contributed by atoms with van der Waals surface area (Å²) in [6, 6.07) is 13.5. The summed E-state index contributed by atoms with van der Waals surface area (Å²) < 4.78 is 10.9. The van der Waals surface area contributed by atoms with E-state index in [1.807, 2.05) is 48.3 Å². The SMILES string of the molecule is COc1ccc([C@H]2OCC[C@@H]2NC(=O)CN(C)c2ccccc2)cn1. The van der Waals surface area contributed by atoms with Gasteiger partial charge in [-0.05, 0) is 24.6 Å². The van der Waals surface area contributed by atoms with E-state index in [0.29, 0.717) is 19.0 Å². The molecular formula is C19H23N3O3. The van der Waals surface area contributed by atoms with Crippen molar-refractivity contribution >= 4 is 11.6 Å². The molecule has 0 bridgehead atoms. The summed E-state index contributed by atoms with van der Waals surface area (Å²) in [6.45, 7) is 0.921. The van der Waals surface area contributed by atoms with Crippen molar-refractivity contribution in [2.24, 2.45) is 0 Å². The number of likely N-dealkylation sites (N-methyl/N-ethyl adjacent to an activating group) is 1. The first-order valence-corrected chi connectivity index (χ1v) is 8.34. The summed E-state index contributed by atoms with van der Waals surface area (Å²) >= 11 is 0. The third-order valence-electron chi connectivity index (χ3n) is 4.31. The summed E-state index contributed by atoms with van der Waals surface area (Å²) in [5.41, 5.74) is 1.95. The van der Waals surface area contributed by atoms with Crippen LogP contribution in [0, 0.1) is 0 Å². The number of nitrogens with zero attached hydrogens (tertiary/aromatic N) is 2. The van der Waals surface area contributed by atoms with Gasteiger partial charge in [0.25, 0.3) is 0 Å². The summed E-state index contributed by atoms with van der Waals surface area (Å²) in [7, 11) is 3.49. The highest BCUT2D eigenvalue weighted by molar-refractivity contribution is 5.81. The van der Waals surface area contributed by atoms with Crippen LogP contribution in [-0.4, -0.2) is 44.2 Å². The molecule has 3 rings (SSSR count). The van der Waals surface area contributed by atoms with Crippen LogP contribution < -0.4 is 15.0 Å². The van der Waals surface area contributed by atoms with Crippen molar-refractivity contribution in [3.63, 3.8) is 0 Å². The van der Waals surface area contributed by atoms with E-state index >= 15 is 0 Å². The average Bonchev–Trinajstić information content (AvgIpc) is 3.10. The molecule has 1 fully saturated rings. The lowest BCUT2D eigenvalue weighted by Crippen LogP contribution is -2.42. The molecule has 2 atom stereocenters. The smallest absolute Gasteiger partial charge is 0.239 e. The molecule has 0 radical (unpaired) electrons. The van der Waals surface area contributed by atoms with Gasteiger partial charge < -0.3 is 19.7 Å². The van der Waals surface area contributed by atoms with Crippen LogP contribution in [0.15, 0.2) is 48.7 Å². The minimum absolute atomic E-state index is 0.0201. The molecule has 1 aliphatic heterocycles. The lowest BCUT2D eigenvalue weighted by atomic mass is 10.0. The van der Waals surface area contributed by atoms with Crippen LogP contribution in [0.5, 0.6) is 5.88 Å². The fourth-order valence-electron chi connectivity index (χ4n) is 2.99. The molecule has 6 heteroatoms. The number of carbonyl (C=O) groups excluding carboxylic acids is 1. The maximum Gasteiger partial charge on any atom is 0.239 e. The van der Waals surface area contributed by atoms with Gasteiger partial charge in [0.2, 0.25) is 11.8 Å². The molecule has 1 amide bonds. The van der Waals surface area contributed by atoms with Crippen LogP contribution in [0.4, 0.5) is 5.69 Å². The number of pyridine rings is 1. The zero-order valence-corrected chi connectivity index (χ0v) is 14.5. The topological polar surface area (TPSA) is 63.7 Å². The molecule has 1 N–H and O–H groups in total. The van der Waals surface area contributed by atoms with Crippen molar-refractivity contribution in [2.45, 2.75) is 18.6 Å². The average molecular weight is 341 g/mol. The normalized spacial score (nSPS) is 19.4. The fourth-order valence-corrected chi connectivity index (χ4v) is 2.99. The monoisotopic (exact) mass is 341 g/mol. The molecule has 1 aromatic heterocycles. The number of methoxy groups -OCH3 is 1. The Hall–Kier alpha value is -2.60. The summed E-state index contributed by atoms with van der Waals surface area (Å²) in [4.78, 5) is 18.6. The van der Waals surface area contributed by atoms with Gasteiger partial charge in [-0.1, -0.05) is 18.2 Å². The third-order valence-corrected chi connectivity index (χ3v) is 4.31. The van der Waals surface area contributed by atoms with Crippen molar-refractivity contribution in [1.29, 1.82) is 0 Å². The standard InChI is InChI=1S/C19H23N3O3/c1-22(15-6-4-3-5-7-15)13-17(23)21-16-10-11-25-19(16)14-8-9-18(24-2)20-12-14/h3-9,12,16,19H,10-11,13H2,1-2H3,(H,21,23)/t16-,19+/m0/s1. The van der Waals surface area contributed by atoms with Crippen LogP contribution in [-0.2, 0) is 9.53 Å². The third kappa shape index (κ3) is 4.28. The van der Waals surface area contributed by atoms with E-state index in [2.05, 4.69) is 10.3 Å². The van der Waals surface area contributed by atoms with Gasteiger partial charge in [0.15, 0.2) is 0 Å². The second kappa shape index (κ2) is 7.98. The Kier molecular flexibility index (Phi) is 5.50. The molecule has 0 spiro atoms. The number of anilines is 1. The molecule has 0 unspecified atom stereocenters. The van der Waals surface area contributed by atoms with Gasteiger partial charge in [-0.2, -0.15) is 0 Å². The van der Waals surface area contributed by atoms with Crippen LogP contribution >= 0.6 is 0 Å². The lowest BCUT2D eigenvalue weighted by molar-refractivity contribution is -0.120. The van der Waals surface area contributed by atoms with Gasteiger partial charge in [-0.25, -0.2) is 4.98 Å². The first kappa shape index (κ1) is 17.2. The molecule has 1 saturated heterocycles. The number of ether oxygens (including phenoxy) is 2. The second-order valence-corrected chi connectivity index (χ2v) is 6.08. The number of rotatable bonds is 6. The Labute approximate surface area is 147 Å². The van der Waals surface area contributed by atoms with E-state index in [4.69, 9.17) is 9.47 Å². The Bertz CT molecular complexity index is 691. The van der Waals surface area contributed by atoms with Crippen LogP contribution in [0.2, 0.25) is 0 Å². The Balaban J connectivity index is 1.59. The number of hydrogen-bond donors (Lipinski definition) is 1. The van der Waals surface area contributed by atoms with Crippen LogP contribution in [0.1, 0.15) is 18.1 Å². The molecule has 1 aliphatic rings. The van der Waals surface area contributed by atoms with Gasteiger partial charge in [0, 0.05) is 37.2 Å². The Morgan fingerprint density at radius 3 is 2.80 bits per heavy atom. The molecule has 2 aromatic rings. The van der Waals surface area contributed by atoms with Gasteiger partial charge in [0.05, 0.1) is 19.7 Å². The van der Waals surface area contributed by atoms with Gasteiger partial charge in [-0.15, -0.1) is 0 Å². The largest absolute Gasteiger partial charge is 0.481 e. The van der Waals surface area contributed by atoms with Crippen molar-refractivity contribution in [3.8, 4) is 5.88 Å². The number of para-hydroxylation sites is 1. The summed E-state index contributed by atoms with van der Waals surface area (Å²) in [5, 5.41) is 3.09. The predicted molar refractivity (Wildman–Crippen MR) is 95.7 cm³/mol. The quantitative estimate of drug-likeness (QED) is 0.872. The molecule has 2 heterocycles. The molecule has 25 heavy (non-hydrogen) atoms. The first-order chi connectivity index (χ1) is 12.2. The first-order valence-electron chi connectivity index (χ1n) is 8.34. The van der Waals surface area contributed by atoms with E-state index in [0.717, 1.165) is 17.7 Å². The number of aromatic nitrogens is 1. The molecular weight excluding hydrogens is 318 g/mol. The number of carbonyl (C=O) groups is 1. The van der Waals surface area contributed by atoms with Crippen molar-refractivity contribution < 1.29 is 14.3 Å². The fraction of sp³-hybridized carbons (Fsp3) is 0.368. The number of hydrogen-bond acceptors (Lipinski definition) is 5. The zero-order valence-electron chi connectivity index (χ0n) is 14.5. The highest BCUT2D eigenvalue weighted by Crippen LogP contribution is 2.29. The zero-order chi connectivity index (χ0) is 17.6. The number of nitrogens with one attached hydrogen (secondary N) is 1. The maximum absolute atomic E-state index is 12.4. The van der Waals surface area contributed by atoms with E-state index in [9.17, 15) is 4.79 Å². The molecule has 0 saturated carbocycles. The molecule has 6 nitrogen and oxygen atoms in total. The van der Waals surface area contributed by atoms with Crippen molar-refractivity contribution in [3.05, 3.63) is 54.2 Å². The van der Waals surface area contributed by atoms with Crippen LogP contribution in [0.25, 0.3) is 0 Å². The maximum atomic E-state index is 12.4. The van der Waals surface area contributed by atoms with Crippen LogP contribution in [0.3, 0.4) is 0 Å². The molecule has 1 aromatic carbocycles. The van der Waals surface area contributed by atoms with Crippen molar-refractivity contribution in [1.82, 2.24) is 10.3 Å². The minimum Gasteiger partial charge on any atom is -0.481 e. The van der Waals surface area contributed by atoms with Gasteiger partial charge in [-0.3, -0.25) is 4.79 Å². The van der Waals surface area contributed by atoms with Gasteiger partial charge >= 0.3 is 0 Å². The Morgan fingerprint density at radius 2 is 2.12 bits per heavy atom. The van der Waals surface area contributed by atoms with Crippen molar-refractivity contribution in [2.75, 3.05) is 32.2 Å². The lowest BCUT2D eigenvalue weighted by Gasteiger charge is -2.23. The molecule has 132 valence electrons. The second-order valence-electron chi connectivity index (χ2n) is 6.08. The summed E-state index contributed by atoms with van der Waals surface area (Å²) in [6.07, 6.45) is 2.35. The molecule has 0 aliphatic carbocycles. The predicted octanol–water partition coefficient (Wildman–Crippen LogP) is 2.17. The number of benzene rings is 1.